The Labute approximate surface area is 113 Å². The summed E-state index contributed by atoms with van der Waals surface area (Å²) in [5.74, 6) is 1.08. The lowest BCUT2D eigenvalue weighted by Gasteiger charge is -2.18. The van der Waals surface area contributed by atoms with E-state index in [9.17, 15) is 0 Å². The van der Waals surface area contributed by atoms with Crippen molar-refractivity contribution in [3.63, 3.8) is 0 Å². The van der Waals surface area contributed by atoms with Gasteiger partial charge in [0, 0.05) is 25.8 Å². The van der Waals surface area contributed by atoms with Crippen molar-refractivity contribution in [2.45, 2.75) is 48.5 Å². The summed E-state index contributed by atoms with van der Waals surface area (Å²) in [7, 11) is 1.75. The number of thiol groups is 1. The number of ether oxygens (including phenoxy) is 1. The zero-order chi connectivity index (χ0) is 13.9. The molecule has 0 aromatic carbocycles. The van der Waals surface area contributed by atoms with Crippen LogP contribution in [0.2, 0.25) is 0 Å². The third-order valence-electron chi connectivity index (χ3n) is 2.41. The minimum atomic E-state index is 0.278. The molecule has 0 aromatic rings. The molecule has 0 amide bonds. The molecule has 0 radical (unpaired) electrons. The smallest absolute Gasteiger partial charge is 0.134 e. The quantitative estimate of drug-likeness (QED) is 0.308. The van der Waals surface area contributed by atoms with Gasteiger partial charge in [0.05, 0.1) is 6.61 Å². The molecular formula is C15H31OS+. The van der Waals surface area contributed by atoms with E-state index in [0.29, 0.717) is 0 Å². The predicted octanol–water partition coefficient (Wildman–Crippen LogP) is 4.37. The van der Waals surface area contributed by atoms with Gasteiger partial charge in [-0.15, -0.1) is 0 Å². The van der Waals surface area contributed by atoms with Gasteiger partial charge in [0.2, 0.25) is 0 Å². The maximum atomic E-state index is 5.02. The van der Waals surface area contributed by atoms with Gasteiger partial charge in [0.25, 0.3) is 0 Å². The van der Waals surface area contributed by atoms with Crippen molar-refractivity contribution in [3.8, 4) is 0 Å². The SMILES string of the molecule is CC.COCC[SH+]/C(C)=C/C=C(\C)C(C)(C)C. The largest absolute Gasteiger partial charge is 0.380 e. The van der Waals surface area contributed by atoms with Gasteiger partial charge >= 0.3 is 0 Å². The first-order valence-electron chi connectivity index (χ1n) is 6.40. The van der Waals surface area contributed by atoms with Gasteiger partial charge < -0.3 is 4.74 Å². The van der Waals surface area contributed by atoms with E-state index in [0.717, 1.165) is 12.4 Å². The minimum absolute atomic E-state index is 0.278. The summed E-state index contributed by atoms with van der Waals surface area (Å²) >= 11 is 1.37. The molecular weight excluding hydrogens is 228 g/mol. The van der Waals surface area contributed by atoms with Crippen LogP contribution in [0, 0.1) is 5.41 Å². The van der Waals surface area contributed by atoms with Gasteiger partial charge in [-0.25, -0.2) is 0 Å². The zero-order valence-corrected chi connectivity index (χ0v) is 13.8. The summed E-state index contributed by atoms with van der Waals surface area (Å²) in [4.78, 5) is 1.40. The molecule has 0 heterocycles. The van der Waals surface area contributed by atoms with Crippen LogP contribution in [0.5, 0.6) is 0 Å². The first kappa shape index (κ1) is 19.1. The molecule has 0 aliphatic carbocycles. The van der Waals surface area contributed by atoms with E-state index in [4.69, 9.17) is 4.74 Å². The molecule has 0 aromatic heterocycles. The zero-order valence-electron chi connectivity index (χ0n) is 12.9. The van der Waals surface area contributed by atoms with Crippen LogP contribution in [-0.2, 0) is 16.5 Å². The Morgan fingerprint density at radius 3 is 2.06 bits per heavy atom. The van der Waals surface area contributed by atoms with Gasteiger partial charge in [-0.1, -0.05) is 46.3 Å². The first-order chi connectivity index (χ1) is 7.88. The van der Waals surface area contributed by atoms with Crippen molar-refractivity contribution >= 4 is 11.8 Å². The second-order valence-corrected chi connectivity index (χ2v) is 6.25. The fourth-order valence-corrected chi connectivity index (χ4v) is 1.67. The van der Waals surface area contributed by atoms with Crippen LogP contribution in [-0.4, -0.2) is 19.5 Å². The van der Waals surface area contributed by atoms with Crippen LogP contribution in [0.25, 0.3) is 0 Å². The Morgan fingerprint density at radius 2 is 1.65 bits per heavy atom. The Hall–Kier alpha value is -0.210. The molecule has 1 nitrogen and oxygen atoms in total. The average molecular weight is 259 g/mol. The molecule has 102 valence electrons. The van der Waals surface area contributed by atoms with Crippen molar-refractivity contribution in [2.24, 2.45) is 5.41 Å². The van der Waals surface area contributed by atoms with Crippen LogP contribution >= 0.6 is 0 Å². The highest BCUT2D eigenvalue weighted by atomic mass is 32.2. The maximum Gasteiger partial charge on any atom is 0.134 e. The normalized spacial score (nSPS) is 13.2. The van der Waals surface area contributed by atoms with Crippen molar-refractivity contribution < 1.29 is 4.74 Å². The number of hydrogen-bond donors (Lipinski definition) is 0. The van der Waals surface area contributed by atoms with Crippen molar-refractivity contribution in [1.82, 2.24) is 0 Å². The lowest BCUT2D eigenvalue weighted by Crippen LogP contribution is -2.06. The minimum Gasteiger partial charge on any atom is -0.380 e. The van der Waals surface area contributed by atoms with Crippen LogP contribution in [0.15, 0.2) is 22.6 Å². The van der Waals surface area contributed by atoms with Gasteiger partial charge in [-0.05, 0) is 18.4 Å². The lowest BCUT2D eigenvalue weighted by molar-refractivity contribution is 0.218. The highest BCUT2D eigenvalue weighted by Gasteiger charge is 2.11. The van der Waals surface area contributed by atoms with E-state index < -0.39 is 0 Å². The van der Waals surface area contributed by atoms with Gasteiger partial charge in [0.15, 0.2) is 0 Å². The first-order valence-corrected chi connectivity index (χ1v) is 7.48. The van der Waals surface area contributed by atoms with E-state index in [1.165, 1.54) is 22.2 Å². The fraction of sp³-hybridized carbons (Fsp3) is 0.733. The number of hydrogen-bond acceptors (Lipinski definition) is 1. The summed E-state index contributed by atoms with van der Waals surface area (Å²) in [6.07, 6.45) is 4.45. The van der Waals surface area contributed by atoms with E-state index in [1.807, 2.05) is 13.8 Å². The number of methoxy groups -OCH3 is 1. The summed E-state index contributed by atoms with van der Waals surface area (Å²) in [6.45, 7) is 15.9. The topological polar surface area (TPSA) is 9.23 Å². The van der Waals surface area contributed by atoms with E-state index in [1.54, 1.807) is 7.11 Å². The molecule has 0 bridgehead atoms. The molecule has 0 saturated heterocycles. The van der Waals surface area contributed by atoms with E-state index in [-0.39, 0.29) is 5.41 Å². The molecule has 0 N–H and O–H groups in total. The Bertz CT molecular complexity index is 234. The molecule has 0 fully saturated rings. The molecule has 0 unspecified atom stereocenters. The van der Waals surface area contributed by atoms with E-state index >= 15 is 0 Å². The third-order valence-corrected chi connectivity index (χ3v) is 3.47. The third kappa shape index (κ3) is 12.0. The Kier molecular flexibility index (Phi) is 12.3. The summed E-state index contributed by atoms with van der Waals surface area (Å²) in [5, 5.41) is 0. The second kappa shape index (κ2) is 10.9. The molecule has 0 aliphatic rings. The molecule has 0 rings (SSSR count). The summed E-state index contributed by atoms with van der Waals surface area (Å²) < 4.78 is 5.02. The van der Waals surface area contributed by atoms with Gasteiger partial charge in [-0.3, -0.25) is 0 Å². The number of rotatable bonds is 5. The molecule has 0 spiro atoms. The fourth-order valence-electron chi connectivity index (χ4n) is 0.862. The Balaban J connectivity index is 0. The van der Waals surface area contributed by atoms with Gasteiger partial charge in [-0.2, -0.15) is 0 Å². The highest BCUT2D eigenvalue weighted by molar-refractivity contribution is 7.82. The molecule has 17 heavy (non-hydrogen) atoms. The summed E-state index contributed by atoms with van der Waals surface area (Å²) in [5.41, 5.74) is 1.70. The van der Waals surface area contributed by atoms with Crippen LogP contribution in [0.4, 0.5) is 0 Å². The monoisotopic (exact) mass is 259 g/mol. The van der Waals surface area contributed by atoms with Crippen molar-refractivity contribution in [3.05, 3.63) is 22.6 Å². The molecule has 0 aliphatic heterocycles. The molecule has 0 saturated carbocycles. The van der Waals surface area contributed by atoms with Crippen LogP contribution in [0.3, 0.4) is 0 Å². The van der Waals surface area contributed by atoms with Crippen molar-refractivity contribution in [2.75, 3.05) is 19.5 Å². The summed E-state index contributed by atoms with van der Waals surface area (Å²) in [6, 6.07) is 0. The Morgan fingerprint density at radius 1 is 1.12 bits per heavy atom. The molecule has 0 atom stereocenters. The second-order valence-electron chi connectivity index (χ2n) is 4.78. The van der Waals surface area contributed by atoms with Gasteiger partial charge in [0.1, 0.15) is 10.7 Å². The van der Waals surface area contributed by atoms with Crippen molar-refractivity contribution in [1.29, 1.82) is 0 Å². The maximum absolute atomic E-state index is 5.02. The number of allylic oxidation sites excluding steroid dienone is 4. The predicted molar refractivity (Wildman–Crippen MR) is 83.8 cm³/mol. The standard InChI is InChI=1S/C13H24OS.C2H6/c1-11(13(3,4)5)7-8-12(2)15-10-9-14-6;1-2/h7-8H,9-10H2,1-6H3;1-2H3/p+1/b11-7+,12-8+;. The van der Waals surface area contributed by atoms with E-state index in [2.05, 4.69) is 46.8 Å². The van der Waals surface area contributed by atoms with Crippen LogP contribution < -0.4 is 0 Å². The highest BCUT2D eigenvalue weighted by Crippen LogP contribution is 2.24. The van der Waals surface area contributed by atoms with Crippen LogP contribution in [0.1, 0.15) is 48.5 Å². The lowest BCUT2D eigenvalue weighted by atomic mass is 9.87. The molecule has 2 heteroatoms. The average Bonchev–Trinajstić information content (AvgIpc) is 2.27.